The summed E-state index contributed by atoms with van der Waals surface area (Å²) < 4.78 is 13.5. The highest BCUT2D eigenvalue weighted by Gasteiger charge is 2.22. The number of para-hydroxylation sites is 1. The predicted molar refractivity (Wildman–Crippen MR) is 128 cm³/mol. The molecule has 3 aromatic carbocycles. The van der Waals surface area contributed by atoms with E-state index < -0.39 is 0 Å². The number of nitrogens with zero attached hydrogens (tertiary/aromatic N) is 2. The van der Waals surface area contributed by atoms with Crippen molar-refractivity contribution < 1.29 is 14.3 Å². The van der Waals surface area contributed by atoms with Gasteiger partial charge in [-0.25, -0.2) is 9.48 Å². The summed E-state index contributed by atoms with van der Waals surface area (Å²) in [7, 11) is 0. The summed E-state index contributed by atoms with van der Waals surface area (Å²) in [6.45, 7) is 4.90. The quantitative estimate of drug-likeness (QED) is 0.437. The number of amides is 2. The van der Waals surface area contributed by atoms with Crippen molar-refractivity contribution in [1.29, 1.82) is 0 Å². The summed E-state index contributed by atoms with van der Waals surface area (Å²) in [5, 5.41) is 11.3. The molecule has 7 nitrogen and oxygen atoms in total. The van der Waals surface area contributed by atoms with Crippen LogP contribution in [0.1, 0.15) is 25.0 Å². The van der Waals surface area contributed by atoms with Crippen LogP contribution in [0.3, 0.4) is 0 Å². The number of carbonyl (C=O) groups is 1. The van der Waals surface area contributed by atoms with Gasteiger partial charge in [0.15, 0.2) is 0 Å². The van der Waals surface area contributed by atoms with Gasteiger partial charge in [0.1, 0.15) is 17.6 Å². The number of carbonyl (C=O) groups excluding carboxylic acids is 1. The van der Waals surface area contributed by atoms with Crippen LogP contribution in [-0.4, -0.2) is 28.5 Å². The number of rotatable bonds is 6. The summed E-state index contributed by atoms with van der Waals surface area (Å²) in [6.07, 6.45) is 2.87. The highest BCUT2D eigenvalue weighted by atomic mass is 16.5. The number of anilines is 1. The first-order valence-corrected chi connectivity index (χ1v) is 11.1. The van der Waals surface area contributed by atoms with Crippen LogP contribution in [0.2, 0.25) is 0 Å². The van der Waals surface area contributed by atoms with Crippen LogP contribution < -0.4 is 20.1 Å². The molecule has 0 saturated heterocycles. The van der Waals surface area contributed by atoms with E-state index in [0.717, 1.165) is 45.6 Å². The van der Waals surface area contributed by atoms with Gasteiger partial charge < -0.3 is 20.1 Å². The molecule has 1 aliphatic heterocycles. The number of benzene rings is 3. The summed E-state index contributed by atoms with van der Waals surface area (Å²) >= 11 is 0. The fraction of sp³-hybridized carbons (Fsp3) is 0.231. The average molecular weight is 443 g/mol. The van der Waals surface area contributed by atoms with E-state index >= 15 is 0 Å². The van der Waals surface area contributed by atoms with Crippen molar-refractivity contribution >= 4 is 22.6 Å². The Morgan fingerprint density at radius 2 is 2.00 bits per heavy atom. The molecule has 1 aliphatic rings. The Kier molecular flexibility index (Phi) is 5.60. The van der Waals surface area contributed by atoms with Crippen LogP contribution in [0.4, 0.5) is 10.5 Å². The minimum atomic E-state index is -0.287. The van der Waals surface area contributed by atoms with E-state index in [-0.39, 0.29) is 12.1 Å². The molecule has 1 aromatic heterocycles. The standard InChI is InChI=1S/C26H26N4O3/c1-3-32-24-13-19-12-17(2)33-25(19)14-20(24)15-27-26(31)29-21-8-10-22(11-9-21)30-23-7-5-4-6-18(23)16-28-30/h4-11,13-14,16-17H,3,12,15H2,1-2H3,(H2,27,29,31). The van der Waals surface area contributed by atoms with E-state index in [0.29, 0.717) is 18.8 Å². The van der Waals surface area contributed by atoms with Gasteiger partial charge in [-0.2, -0.15) is 5.10 Å². The molecule has 0 spiro atoms. The molecule has 0 radical (unpaired) electrons. The van der Waals surface area contributed by atoms with Crippen LogP contribution >= 0.6 is 0 Å². The van der Waals surface area contributed by atoms with Crippen molar-refractivity contribution in [3.8, 4) is 17.2 Å². The largest absolute Gasteiger partial charge is 0.494 e. The van der Waals surface area contributed by atoms with Crippen LogP contribution in [0, 0.1) is 0 Å². The highest BCUT2D eigenvalue weighted by molar-refractivity contribution is 5.89. The molecule has 0 saturated carbocycles. The van der Waals surface area contributed by atoms with Gasteiger partial charge in [-0.05, 0) is 56.3 Å². The van der Waals surface area contributed by atoms with Crippen molar-refractivity contribution in [3.05, 3.63) is 78.0 Å². The van der Waals surface area contributed by atoms with E-state index in [1.165, 1.54) is 0 Å². The average Bonchev–Trinajstić information content (AvgIpc) is 3.40. The lowest BCUT2D eigenvalue weighted by Gasteiger charge is -2.14. The highest BCUT2D eigenvalue weighted by Crippen LogP contribution is 2.35. The van der Waals surface area contributed by atoms with E-state index in [1.807, 2.05) is 85.4 Å². The Hall–Kier alpha value is -4.00. The minimum Gasteiger partial charge on any atom is -0.494 e. The minimum absolute atomic E-state index is 0.156. The van der Waals surface area contributed by atoms with Crippen LogP contribution in [0.15, 0.2) is 66.9 Å². The first kappa shape index (κ1) is 20.9. The van der Waals surface area contributed by atoms with Gasteiger partial charge in [-0.1, -0.05) is 18.2 Å². The third kappa shape index (κ3) is 4.35. The Morgan fingerprint density at radius 3 is 2.82 bits per heavy atom. The van der Waals surface area contributed by atoms with Crippen molar-refractivity contribution in [2.24, 2.45) is 0 Å². The molecule has 5 rings (SSSR count). The first-order valence-electron chi connectivity index (χ1n) is 11.1. The molecule has 1 unspecified atom stereocenters. The molecule has 2 amide bonds. The zero-order chi connectivity index (χ0) is 22.8. The molecule has 0 aliphatic carbocycles. The third-order valence-electron chi connectivity index (χ3n) is 5.67. The Bertz CT molecular complexity index is 1300. The summed E-state index contributed by atoms with van der Waals surface area (Å²) in [6, 6.07) is 19.3. The Morgan fingerprint density at radius 1 is 1.18 bits per heavy atom. The van der Waals surface area contributed by atoms with Crippen molar-refractivity contribution in [1.82, 2.24) is 15.1 Å². The second kappa shape index (κ2) is 8.86. The molecule has 2 N–H and O–H groups in total. The molecular formula is C26H26N4O3. The fourth-order valence-corrected chi connectivity index (χ4v) is 4.12. The van der Waals surface area contributed by atoms with Crippen LogP contribution in [0.5, 0.6) is 11.5 Å². The Balaban J connectivity index is 1.24. The number of aromatic nitrogens is 2. The number of hydrogen-bond acceptors (Lipinski definition) is 4. The number of hydrogen-bond donors (Lipinski definition) is 2. The molecule has 2 heterocycles. The monoisotopic (exact) mass is 442 g/mol. The van der Waals surface area contributed by atoms with E-state index in [1.54, 1.807) is 0 Å². The van der Waals surface area contributed by atoms with Gasteiger partial charge in [0.25, 0.3) is 0 Å². The summed E-state index contributed by atoms with van der Waals surface area (Å²) in [4.78, 5) is 12.5. The summed E-state index contributed by atoms with van der Waals surface area (Å²) in [5.74, 6) is 1.65. The van der Waals surface area contributed by atoms with Crippen molar-refractivity contribution in [3.63, 3.8) is 0 Å². The van der Waals surface area contributed by atoms with E-state index in [2.05, 4.69) is 15.7 Å². The van der Waals surface area contributed by atoms with E-state index in [4.69, 9.17) is 9.47 Å². The predicted octanol–water partition coefficient (Wildman–Crippen LogP) is 5.07. The fourth-order valence-electron chi connectivity index (χ4n) is 4.12. The van der Waals surface area contributed by atoms with Gasteiger partial charge in [-0.15, -0.1) is 0 Å². The van der Waals surface area contributed by atoms with Gasteiger partial charge in [0.05, 0.1) is 24.0 Å². The van der Waals surface area contributed by atoms with Crippen LogP contribution in [0.25, 0.3) is 16.6 Å². The second-order valence-electron chi connectivity index (χ2n) is 8.10. The number of urea groups is 1. The maximum atomic E-state index is 12.5. The topological polar surface area (TPSA) is 77.4 Å². The lowest BCUT2D eigenvalue weighted by molar-refractivity contribution is 0.250. The molecule has 7 heteroatoms. The van der Waals surface area contributed by atoms with Crippen molar-refractivity contribution in [2.75, 3.05) is 11.9 Å². The second-order valence-corrected chi connectivity index (χ2v) is 8.10. The number of ether oxygens (including phenoxy) is 2. The molecule has 4 aromatic rings. The zero-order valence-electron chi connectivity index (χ0n) is 18.7. The maximum Gasteiger partial charge on any atom is 0.319 e. The third-order valence-corrected chi connectivity index (χ3v) is 5.67. The Labute approximate surface area is 192 Å². The lowest BCUT2D eigenvalue weighted by Crippen LogP contribution is -2.28. The van der Waals surface area contributed by atoms with Gasteiger partial charge in [0, 0.05) is 35.2 Å². The van der Waals surface area contributed by atoms with Crippen molar-refractivity contribution in [2.45, 2.75) is 32.9 Å². The lowest BCUT2D eigenvalue weighted by atomic mass is 10.1. The molecule has 1 atom stereocenters. The van der Waals surface area contributed by atoms with Gasteiger partial charge in [0.2, 0.25) is 0 Å². The summed E-state index contributed by atoms with van der Waals surface area (Å²) in [5.41, 5.74) is 4.69. The maximum absolute atomic E-state index is 12.5. The van der Waals surface area contributed by atoms with Gasteiger partial charge in [-0.3, -0.25) is 0 Å². The SMILES string of the molecule is CCOc1cc2c(cc1CNC(=O)Nc1ccc(-n3ncc4ccccc43)cc1)OC(C)C2. The zero-order valence-corrected chi connectivity index (χ0v) is 18.7. The number of nitrogens with one attached hydrogen (secondary N) is 2. The first-order chi connectivity index (χ1) is 16.1. The van der Waals surface area contributed by atoms with Gasteiger partial charge >= 0.3 is 6.03 Å². The number of fused-ring (bicyclic) bond motifs is 2. The molecule has 33 heavy (non-hydrogen) atoms. The molecular weight excluding hydrogens is 416 g/mol. The molecule has 0 fully saturated rings. The van der Waals surface area contributed by atoms with E-state index in [9.17, 15) is 4.79 Å². The molecule has 168 valence electrons. The smallest absolute Gasteiger partial charge is 0.319 e. The normalized spacial score (nSPS) is 14.5. The van der Waals surface area contributed by atoms with Crippen LogP contribution in [-0.2, 0) is 13.0 Å². The molecule has 0 bridgehead atoms.